The van der Waals surface area contributed by atoms with Gasteiger partial charge in [0.05, 0.1) is 17.5 Å². The Morgan fingerprint density at radius 1 is 0.941 bits per heavy atom. The molecule has 4 aliphatic carbocycles. The minimum absolute atomic E-state index is 0.0559. The third-order valence-electron chi connectivity index (χ3n) is 11.9. The van der Waals surface area contributed by atoms with Gasteiger partial charge in [-0.1, -0.05) is 41.0 Å². The second-order valence-electron chi connectivity index (χ2n) is 13.8. The van der Waals surface area contributed by atoms with Gasteiger partial charge in [0.25, 0.3) is 10.1 Å². The molecule has 4 saturated carbocycles. The summed E-state index contributed by atoms with van der Waals surface area (Å²) in [5, 5.41) is 22.8. The molecular weight excluding hydrogens is 448 g/mol. The van der Waals surface area contributed by atoms with Crippen molar-refractivity contribution in [2.24, 2.45) is 58.2 Å². The lowest BCUT2D eigenvalue weighted by Crippen LogP contribution is -2.66. The average Bonchev–Trinajstić information content (AvgIpc) is 3.05. The lowest BCUT2D eigenvalue weighted by Gasteiger charge is -2.68. The summed E-state index contributed by atoms with van der Waals surface area (Å²) in [5.74, 6) is 2.61. The van der Waals surface area contributed by atoms with E-state index >= 15 is 0 Å². The van der Waals surface area contributed by atoms with Crippen LogP contribution in [0.2, 0.25) is 0 Å². The van der Waals surface area contributed by atoms with Gasteiger partial charge in [0.2, 0.25) is 0 Å². The van der Waals surface area contributed by atoms with Gasteiger partial charge in [-0.2, -0.15) is 8.42 Å². The van der Waals surface area contributed by atoms with Crippen molar-refractivity contribution >= 4 is 10.1 Å². The molecule has 12 atom stereocenters. The highest BCUT2D eigenvalue weighted by Crippen LogP contribution is 2.71. The fourth-order valence-electron chi connectivity index (χ4n) is 10.7. The van der Waals surface area contributed by atoms with Crippen molar-refractivity contribution in [3.8, 4) is 0 Å². The number of hydrogen-bond donors (Lipinski definition) is 3. The van der Waals surface area contributed by atoms with E-state index in [0.29, 0.717) is 35.5 Å². The molecule has 0 radical (unpaired) electrons. The van der Waals surface area contributed by atoms with Crippen molar-refractivity contribution in [3.05, 3.63) is 0 Å². The summed E-state index contributed by atoms with van der Waals surface area (Å²) in [6.45, 7) is 13.5. The quantitative estimate of drug-likeness (QED) is 0.417. The molecule has 0 spiro atoms. The van der Waals surface area contributed by atoms with Crippen LogP contribution >= 0.6 is 0 Å². The normalized spacial score (nSPS) is 50.7. The van der Waals surface area contributed by atoms with Gasteiger partial charge in [-0.15, -0.1) is 0 Å². The number of rotatable bonds is 6. The molecule has 0 bridgehead atoms. The van der Waals surface area contributed by atoms with Crippen LogP contribution < -0.4 is 0 Å². The number of aliphatic hydroxyl groups excluding tert-OH is 1. The predicted molar refractivity (Wildman–Crippen MR) is 136 cm³/mol. The molecule has 198 valence electrons. The first-order valence-corrected chi connectivity index (χ1v) is 15.6. The van der Waals surface area contributed by atoms with Crippen molar-refractivity contribution in [2.75, 3.05) is 5.75 Å². The molecule has 0 saturated heterocycles. The third-order valence-corrected chi connectivity index (χ3v) is 12.9. The molecule has 6 heteroatoms. The minimum Gasteiger partial charge on any atom is -0.393 e. The summed E-state index contributed by atoms with van der Waals surface area (Å²) >= 11 is 0. The van der Waals surface area contributed by atoms with Gasteiger partial charge in [0.15, 0.2) is 0 Å². The van der Waals surface area contributed by atoms with Crippen molar-refractivity contribution in [3.63, 3.8) is 0 Å². The van der Waals surface area contributed by atoms with Crippen molar-refractivity contribution in [1.82, 2.24) is 0 Å². The highest BCUT2D eigenvalue weighted by molar-refractivity contribution is 7.85. The molecule has 0 aromatic rings. The molecule has 0 amide bonds. The molecule has 4 fully saturated rings. The molecular formula is C28H50O5S. The summed E-state index contributed by atoms with van der Waals surface area (Å²) in [6.07, 6.45) is 8.97. The van der Waals surface area contributed by atoms with E-state index in [1.165, 1.54) is 6.42 Å². The lowest BCUT2D eigenvalue weighted by atomic mass is 9.38. The predicted octanol–water partition coefficient (Wildman–Crippen LogP) is 5.55. The van der Waals surface area contributed by atoms with Gasteiger partial charge in [0, 0.05) is 0 Å². The first-order valence-electron chi connectivity index (χ1n) is 14.0. The first-order chi connectivity index (χ1) is 15.6. The van der Waals surface area contributed by atoms with Crippen LogP contribution in [0.15, 0.2) is 0 Å². The van der Waals surface area contributed by atoms with Gasteiger partial charge < -0.3 is 10.2 Å². The van der Waals surface area contributed by atoms with Gasteiger partial charge in [-0.25, -0.2) is 0 Å². The van der Waals surface area contributed by atoms with E-state index in [4.69, 9.17) is 0 Å². The van der Waals surface area contributed by atoms with Crippen molar-refractivity contribution in [1.29, 1.82) is 0 Å². The molecule has 4 rings (SSSR count). The molecule has 3 unspecified atom stereocenters. The molecule has 0 heterocycles. The van der Waals surface area contributed by atoms with Gasteiger partial charge in [-0.05, 0) is 116 Å². The third kappa shape index (κ3) is 4.31. The maximum atomic E-state index is 12.3. The van der Waals surface area contributed by atoms with Gasteiger partial charge >= 0.3 is 0 Å². The summed E-state index contributed by atoms with van der Waals surface area (Å²) in [6, 6.07) is 0. The summed E-state index contributed by atoms with van der Waals surface area (Å²) in [7, 11) is -3.94. The highest BCUT2D eigenvalue weighted by Gasteiger charge is 2.68. The Labute approximate surface area is 208 Å². The lowest BCUT2D eigenvalue weighted by molar-refractivity contribution is -0.245. The Bertz CT molecular complexity index is 855. The summed E-state index contributed by atoms with van der Waals surface area (Å²) in [5.41, 5.74) is -0.358. The van der Waals surface area contributed by atoms with Crippen molar-refractivity contribution in [2.45, 2.75) is 111 Å². The largest absolute Gasteiger partial charge is 0.393 e. The first kappa shape index (κ1) is 26.9. The van der Waals surface area contributed by atoms with Crippen LogP contribution in [-0.4, -0.2) is 40.6 Å². The van der Waals surface area contributed by atoms with E-state index < -0.39 is 15.7 Å². The number of hydrogen-bond acceptors (Lipinski definition) is 4. The minimum atomic E-state index is -3.94. The van der Waals surface area contributed by atoms with E-state index in [-0.39, 0.29) is 34.5 Å². The standard InChI is InChI=1S/C28H50O5S/c1-7-20-24-15-19(29)10-12-27(24,5)23-11-13-26(4)21(8-9-22(26)25(23)28(20,6)30)18(3)14-17(2)16-34(31,32)33/h17-25,29-30H,7-16H2,1-6H3,(H,31,32,33)/t17-,18-,19+,20+,21+,22?,23?,24-,25?,26+,27+,28+/m0/s1. The molecule has 34 heavy (non-hydrogen) atoms. The summed E-state index contributed by atoms with van der Waals surface area (Å²) in [4.78, 5) is 0. The molecule has 0 aromatic carbocycles. The zero-order valence-electron chi connectivity index (χ0n) is 22.3. The van der Waals surface area contributed by atoms with E-state index in [9.17, 15) is 23.2 Å². The Morgan fingerprint density at radius 3 is 2.18 bits per heavy atom. The van der Waals surface area contributed by atoms with Gasteiger partial charge in [-0.3, -0.25) is 4.55 Å². The zero-order chi connectivity index (χ0) is 25.3. The van der Waals surface area contributed by atoms with Crippen LogP contribution in [-0.2, 0) is 10.1 Å². The van der Waals surface area contributed by atoms with Crippen LogP contribution in [0, 0.1) is 58.2 Å². The smallest absolute Gasteiger partial charge is 0.265 e. The van der Waals surface area contributed by atoms with Crippen LogP contribution in [0.1, 0.15) is 99.3 Å². The van der Waals surface area contributed by atoms with Crippen LogP contribution in [0.5, 0.6) is 0 Å². The van der Waals surface area contributed by atoms with E-state index in [1.54, 1.807) is 0 Å². The van der Waals surface area contributed by atoms with E-state index in [1.807, 2.05) is 6.92 Å². The Kier molecular flexibility index (Phi) is 7.11. The molecule has 4 aliphatic rings. The van der Waals surface area contributed by atoms with E-state index in [2.05, 4.69) is 34.6 Å². The molecule has 5 nitrogen and oxygen atoms in total. The fraction of sp³-hybridized carbons (Fsp3) is 1.00. The Morgan fingerprint density at radius 2 is 1.56 bits per heavy atom. The van der Waals surface area contributed by atoms with Crippen molar-refractivity contribution < 1.29 is 23.2 Å². The zero-order valence-corrected chi connectivity index (χ0v) is 23.2. The number of aliphatic hydroxyl groups is 2. The topological polar surface area (TPSA) is 94.8 Å². The SMILES string of the molecule is CC[C@@H]1[C@@H]2C[C@H](O)CC[C@]2(C)C2CC[C@@]3(C)C(CC[C@@H]3[C@@H](C)C[C@H](C)CS(=O)(=O)O)C2[C@]1(C)O. The van der Waals surface area contributed by atoms with Crippen LogP contribution in [0.4, 0.5) is 0 Å². The highest BCUT2D eigenvalue weighted by atomic mass is 32.2. The Balaban J connectivity index is 1.62. The average molecular weight is 499 g/mol. The van der Waals surface area contributed by atoms with E-state index in [0.717, 1.165) is 51.4 Å². The summed E-state index contributed by atoms with van der Waals surface area (Å²) < 4.78 is 32.1. The van der Waals surface area contributed by atoms with Gasteiger partial charge in [0.1, 0.15) is 0 Å². The Hall–Kier alpha value is -0.170. The van der Waals surface area contributed by atoms with Crippen LogP contribution in [0.3, 0.4) is 0 Å². The maximum Gasteiger partial charge on any atom is 0.265 e. The number of fused-ring (bicyclic) bond motifs is 5. The second kappa shape index (κ2) is 8.99. The van der Waals surface area contributed by atoms with Crippen LogP contribution in [0.25, 0.3) is 0 Å². The second-order valence-corrected chi connectivity index (χ2v) is 15.3. The fourth-order valence-corrected chi connectivity index (χ4v) is 11.5. The molecule has 3 N–H and O–H groups in total. The monoisotopic (exact) mass is 498 g/mol. The molecule has 0 aromatic heterocycles. The molecule has 0 aliphatic heterocycles. The maximum absolute atomic E-state index is 12.3.